The minimum Gasteiger partial charge on any atom is -0.458 e. The normalized spacial score (nSPS) is 47.6. The Hall–Kier alpha value is -1.24. The van der Waals surface area contributed by atoms with Crippen molar-refractivity contribution in [1.82, 2.24) is 0 Å². The third-order valence-electron chi connectivity index (χ3n) is 9.06. The van der Waals surface area contributed by atoms with Crippen LogP contribution in [0.15, 0.2) is 11.6 Å². The number of Topliss-reactive ketones (excluding diaryl/α,β-unsaturated/α-hetero) is 1. The quantitative estimate of drug-likeness (QED) is 0.519. The van der Waals surface area contributed by atoms with Crippen LogP contribution >= 0.6 is 11.6 Å². The van der Waals surface area contributed by atoms with Crippen LogP contribution in [0.3, 0.4) is 0 Å². The summed E-state index contributed by atoms with van der Waals surface area (Å²) in [5.41, 5.74) is -1.98. The Morgan fingerprint density at radius 2 is 1.90 bits per heavy atom. The highest BCUT2D eigenvalue weighted by molar-refractivity contribution is 6.26. The minimum atomic E-state index is -1.66. The van der Waals surface area contributed by atoms with E-state index in [1.54, 1.807) is 6.08 Å². The van der Waals surface area contributed by atoms with Crippen LogP contribution in [-0.2, 0) is 19.1 Å². The Bertz CT molecular complexity index is 838. The first-order chi connectivity index (χ1) is 13.9. The number of aliphatic hydroxyl groups excluding tert-OH is 1. The molecule has 7 atom stereocenters. The second-order valence-electron chi connectivity index (χ2n) is 10.2. The molecule has 0 heterocycles. The molecular formula is C23H31ClO6. The Balaban J connectivity index is 1.71. The van der Waals surface area contributed by atoms with Gasteiger partial charge in [0.25, 0.3) is 0 Å². The van der Waals surface area contributed by atoms with Crippen LogP contribution < -0.4 is 0 Å². The summed E-state index contributed by atoms with van der Waals surface area (Å²) in [5.74, 6) is -1.09. The summed E-state index contributed by atoms with van der Waals surface area (Å²) in [4.78, 5) is 35.2. The molecule has 7 heteroatoms. The molecule has 166 valence electrons. The van der Waals surface area contributed by atoms with Crippen molar-refractivity contribution in [3.63, 3.8) is 0 Å². The van der Waals surface area contributed by atoms with Crippen LogP contribution in [0.4, 0.5) is 0 Å². The lowest BCUT2D eigenvalue weighted by molar-refractivity contribution is -0.179. The lowest BCUT2D eigenvalue weighted by Gasteiger charge is -2.64. The molecule has 2 N–H and O–H groups in total. The van der Waals surface area contributed by atoms with Crippen molar-refractivity contribution in [1.29, 1.82) is 0 Å². The largest absolute Gasteiger partial charge is 0.458 e. The average molecular weight is 439 g/mol. The molecule has 3 fully saturated rings. The third kappa shape index (κ3) is 2.66. The number of alkyl halides is 1. The SMILES string of the molecule is CC(=O)OCC(=O)[C@@]1(O)CC[C@H]2[C@@H]3CCC4=CC(=O)CC[C@]4(C)[C@@]3(Cl)[C@@H](O)C[C@@]21C. The zero-order chi connectivity index (χ0) is 22.1. The van der Waals surface area contributed by atoms with Gasteiger partial charge in [-0.2, -0.15) is 0 Å². The highest BCUT2D eigenvalue weighted by Crippen LogP contribution is 2.71. The van der Waals surface area contributed by atoms with E-state index in [-0.39, 0.29) is 30.5 Å². The summed E-state index contributed by atoms with van der Waals surface area (Å²) in [6.07, 6.45) is 4.34. The summed E-state index contributed by atoms with van der Waals surface area (Å²) in [7, 11) is 0. The number of fused-ring (bicyclic) bond motifs is 5. The predicted molar refractivity (Wildman–Crippen MR) is 110 cm³/mol. The average Bonchev–Trinajstić information content (AvgIpc) is 2.94. The molecule has 3 saturated carbocycles. The number of hydrogen-bond acceptors (Lipinski definition) is 6. The van der Waals surface area contributed by atoms with Gasteiger partial charge in [-0.3, -0.25) is 14.4 Å². The summed E-state index contributed by atoms with van der Waals surface area (Å²) < 4.78 is 4.88. The van der Waals surface area contributed by atoms with E-state index in [1.807, 2.05) is 6.92 Å². The smallest absolute Gasteiger partial charge is 0.303 e. The molecule has 0 aromatic rings. The van der Waals surface area contributed by atoms with Gasteiger partial charge in [0, 0.05) is 24.2 Å². The molecule has 0 saturated heterocycles. The number of halogens is 1. The number of ether oxygens (including phenoxy) is 1. The molecule has 30 heavy (non-hydrogen) atoms. The number of ketones is 2. The molecule has 6 nitrogen and oxygen atoms in total. The second-order valence-corrected chi connectivity index (χ2v) is 10.9. The summed E-state index contributed by atoms with van der Waals surface area (Å²) in [6, 6.07) is 0. The Kier molecular flexibility index (Phi) is 5.04. The van der Waals surface area contributed by atoms with Crippen molar-refractivity contribution >= 4 is 29.1 Å². The Morgan fingerprint density at radius 1 is 1.20 bits per heavy atom. The van der Waals surface area contributed by atoms with Gasteiger partial charge in [-0.15, -0.1) is 11.6 Å². The zero-order valence-corrected chi connectivity index (χ0v) is 18.6. The molecule has 0 bridgehead atoms. The van der Waals surface area contributed by atoms with E-state index in [0.717, 1.165) is 12.0 Å². The summed E-state index contributed by atoms with van der Waals surface area (Å²) in [6.45, 7) is 4.69. The molecule has 0 unspecified atom stereocenters. The fourth-order valence-corrected chi connectivity index (χ4v) is 7.87. The Morgan fingerprint density at radius 3 is 2.57 bits per heavy atom. The fourth-order valence-electron chi connectivity index (χ4n) is 7.32. The Labute approximate surface area is 182 Å². The van der Waals surface area contributed by atoms with Gasteiger partial charge in [0.05, 0.1) is 11.0 Å². The molecule has 0 aromatic heterocycles. The maximum atomic E-state index is 12.9. The summed E-state index contributed by atoms with van der Waals surface area (Å²) in [5, 5.41) is 22.9. The number of carbonyl (C=O) groups excluding carboxylic acids is 3. The predicted octanol–water partition coefficient (Wildman–Crippen LogP) is 2.71. The monoisotopic (exact) mass is 438 g/mol. The number of esters is 1. The number of allylic oxidation sites excluding steroid dienone is 1. The van der Waals surface area contributed by atoms with E-state index in [4.69, 9.17) is 16.3 Å². The first kappa shape index (κ1) is 22.0. The van der Waals surface area contributed by atoms with Crippen molar-refractivity contribution in [2.45, 2.75) is 82.3 Å². The van der Waals surface area contributed by atoms with Crippen molar-refractivity contribution in [3.05, 3.63) is 11.6 Å². The van der Waals surface area contributed by atoms with Gasteiger partial charge in [0.15, 0.2) is 12.4 Å². The van der Waals surface area contributed by atoms with E-state index in [2.05, 4.69) is 6.92 Å². The molecule has 0 aromatic carbocycles. The van der Waals surface area contributed by atoms with Crippen molar-refractivity contribution in [2.24, 2.45) is 22.7 Å². The van der Waals surface area contributed by atoms with Gasteiger partial charge in [-0.25, -0.2) is 0 Å². The van der Waals surface area contributed by atoms with Crippen molar-refractivity contribution < 1.29 is 29.3 Å². The van der Waals surface area contributed by atoms with Crippen LogP contribution in [0.25, 0.3) is 0 Å². The maximum absolute atomic E-state index is 12.9. The van der Waals surface area contributed by atoms with E-state index in [0.29, 0.717) is 25.7 Å². The van der Waals surface area contributed by atoms with Crippen LogP contribution in [0.5, 0.6) is 0 Å². The van der Waals surface area contributed by atoms with Gasteiger partial charge < -0.3 is 14.9 Å². The second kappa shape index (κ2) is 6.88. The molecule has 0 amide bonds. The van der Waals surface area contributed by atoms with E-state index >= 15 is 0 Å². The third-order valence-corrected chi connectivity index (χ3v) is 10.0. The lowest BCUT2D eigenvalue weighted by Crippen LogP contribution is -2.69. The van der Waals surface area contributed by atoms with Gasteiger partial charge in [-0.05, 0) is 56.4 Å². The molecule has 0 radical (unpaired) electrons. The van der Waals surface area contributed by atoms with Gasteiger partial charge in [0.1, 0.15) is 5.60 Å². The van der Waals surface area contributed by atoms with Crippen molar-refractivity contribution in [3.8, 4) is 0 Å². The van der Waals surface area contributed by atoms with Crippen LogP contribution in [0.2, 0.25) is 0 Å². The first-order valence-electron chi connectivity index (χ1n) is 10.9. The van der Waals surface area contributed by atoms with Crippen LogP contribution in [0.1, 0.15) is 65.7 Å². The van der Waals surface area contributed by atoms with E-state index < -0.39 is 45.8 Å². The molecule has 0 aliphatic heterocycles. The molecule has 4 aliphatic rings. The van der Waals surface area contributed by atoms with Gasteiger partial charge in [0.2, 0.25) is 5.78 Å². The number of rotatable bonds is 3. The highest BCUT2D eigenvalue weighted by Gasteiger charge is 2.73. The topological polar surface area (TPSA) is 101 Å². The highest BCUT2D eigenvalue weighted by atomic mass is 35.5. The standard InChI is InChI=1S/C23H31ClO6/c1-13(25)30-12-19(28)22(29)9-7-16-17-5-4-14-10-15(26)6-8-20(14,2)23(17,24)18(27)11-21(16,22)3/h10,16-18,27,29H,4-9,11-12H2,1-3H3/t16-,17-,18-,20-,21-,22-,23-/m0/s1. The number of hydrogen-bond donors (Lipinski definition) is 2. The molecule has 4 aliphatic carbocycles. The van der Waals surface area contributed by atoms with Gasteiger partial charge in [-0.1, -0.05) is 19.4 Å². The summed E-state index contributed by atoms with van der Waals surface area (Å²) >= 11 is 7.36. The molecule has 0 spiro atoms. The fraction of sp³-hybridized carbons (Fsp3) is 0.783. The van der Waals surface area contributed by atoms with Crippen molar-refractivity contribution in [2.75, 3.05) is 6.61 Å². The van der Waals surface area contributed by atoms with E-state index in [1.165, 1.54) is 6.92 Å². The number of aliphatic hydroxyl groups is 2. The van der Waals surface area contributed by atoms with Gasteiger partial charge >= 0.3 is 5.97 Å². The van der Waals surface area contributed by atoms with E-state index in [9.17, 15) is 24.6 Å². The zero-order valence-electron chi connectivity index (χ0n) is 17.9. The maximum Gasteiger partial charge on any atom is 0.303 e. The number of carbonyl (C=O) groups is 3. The van der Waals surface area contributed by atoms with Crippen LogP contribution in [-0.4, -0.2) is 50.9 Å². The first-order valence-corrected chi connectivity index (χ1v) is 11.3. The molecular weight excluding hydrogens is 408 g/mol. The van der Waals surface area contributed by atoms with Crippen LogP contribution in [0, 0.1) is 22.7 Å². The molecule has 4 rings (SSSR count). The minimum absolute atomic E-state index is 0.0410. The lowest BCUT2D eigenvalue weighted by atomic mass is 9.45.